The van der Waals surface area contributed by atoms with Gasteiger partial charge in [-0.1, -0.05) is 13.0 Å². The van der Waals surface area contributed by atoms with Gasteiger partial charge in [0.2, 0.25) is 0 Å². The summed E-state index contributed by atoms with van der Waals surface area (Å²) in [6.07, 6.45) is 5.07. The number of esters is 4. The van der Waals surface area contributed by atoms with Crippen molar-refractivity contribution in [3.05, 3.63) is 12.7 Å². The summed E-state index contributed by atoms with van der Waals surface area (Å²) in [6.45, 7) is 2.70. The van der Waals surface area contributed by atoms with Crippen molar-refractivity contribution in [2.45, 2.75) is 56.8 Å². The van der Waals surface area contributed by atoms with Crippen LogP contribution in [0.5, 0.6) is 0 Å². The molecule has 3 saturated carbocycles. The standard InChI is InChI=1S/C20H24O8/c1-2-13(21)25-9-14(22)27-17-11-8-12-16(20(24)28-18(12)17)15(11)19(23)26-10-6-4-3-5-7-10/h2,10-12,15-18H,1,3-9H2. The molecule has 1 aliphatic heterocycles. The summed E-state index contributed by atoms with van der Waals surface area (Å²) in [5.74, 6) is -3.90. The molecule has 0 radical (unpaired) electrons. The highest BCUT2D eigenvalue weighted by Gasteiger charge is 2.70. The van der Waals surface area contributed by atoms with Crippen LogP contribution in [-0.4, -0.2) is 48.8 Å². The molecule has 4 fully saturated rings. The molecule has 4 rings (SSSR count). The molecule has 0 aromatic carbocycles. The molecular formula is C20H24O8. The largest absolute Gasteiger partial charge is 0.462 e. The lowest BCUT2D eigenvalue weighted by molar-refractivity contribution is -0.172. The Bertz CT molecular complexity index is 694. The van der Waals surface area contributed by atoms with Gasteiger partial charge in [-0.25, -0.2) is 9.59 Å². The Labute approximate surface area is 162 Å². The van der Waals surface area contributed by atoms with Crippen LogP contribution in [0.3, 0.4) is 0 Å². The Morgan fingerprint density at radius 1 is 1.11 bits per heavy atom. The molecule has 6 unspecified atom stereocenters. The Morgan fingerprint density at radius 3 is 2.57 bits per heavy atom. The summed E-state index contributed by atoms with van der Waals surface area (Å²) in [7, 11) is 0. The second kappa shape index (κ2) is 7.56. The molecule has 8 heteroatoms. The lowest BCUT2D eigenvalue weighted by atomic mass is 9.78. The van der Waals surface area contributed by atoms with Crippen molar-refractivity contribution in [3.63, 3.8) is 0 Å². The number of fused-ring (bicyclic) bond motifs is 1. The highest BCUT2D eigenvalue weighted by atomic mass is 16.6. The van der Waals surface area contributed by atoms with Crippen LogP contribution in [0.4, 0.5) is 0 Å². The zero-order valence-corrected chi connectivity index (χ0v) is 15.5. The van der Waals surface area contributed by atoms with Crippen LogP contribution in [0, 0.1) is 23.7 Å². The van der Waals surface area contributed by atoms with Crippen molar-refractivity contribution in [2.75, 3.05) is 6.61 Å². The SMILES string of the molecule is C=CC(=O)OCC(=O)OC1C2CC3C1OC(=O)C3C2C(=O)OC1CCCCC1. The minimum Gasteiger partial charge on any atom is -0.462 e. The summed E-state index contributed by atoms with van der Waals surface area (Å²) in [4.78, 5) is 48.4. The molecule has 6 atom stereocenters. The second-order valence-corrected chi connectivity index (χ2v) is 7.98. The van der Waals surface area contributed by atoms with Gasteiger partial charge in [0.05, 0.1) is 11.8 Å². The van der Waals surface area contributed by atoms with Crippen molar-refractivity contribution in [3.8, 4) is 0 Å². The summed E-state index contributed by atoms with van der Waals surface area (Å²) in [5.41, 5.74) is 0. The van der Waals surface area contributed by atoms with Gasteiger partial charge in [0.25, 0.3) is 0 Å². The summed E-state index contributed by atoms with van der Waals surface area (Å²) in [6, 6.07) is 0. The Hall–Kier alpha value is -2.38. The van der Waals surface area contributed by atoms with Crippen LogP contribution in [0.1, 0.15) is 38.5 Å². The van der Waals surface area contributed by atoms with Crippen molar-refractivity contribution in [1.82, 2.24) is 0 Å². The number of carbonyl (C=O) groups is 4. The molecule has 1 heterocycles. The molecule has 0 N–H and O–H groups in total. The van der Waals surface area contributed by atoms with E-state index in [1.807, 2.05) is 0 Å². The highest BCUT2D eigenvalue weighted by molar-refractivity contribution is 5.87. The quantitative estimate of drug-likeness (QED) is 0.378. The van der Waals surface area contributed by atoms with E-state index in [0.29, 0.717) is 6.42 Å². The fraction of sp³-hybridized carbons (Fsp3) is 0.700. The number of rotatable bonds is 6. The molecule has 28 heavy (non-hydrogen) atoms. The Balaban J connectivity index is 1.43. The van der Waals surface area contributed by atoms with Gasteiger partial charge in [0.1, 0.15) is 18.3 Å². The molecule has 0 aromatic rings. The second-order valence-electron chi connectivity index (χ2n) is 7.98. The van der Waals surface area contributed by atoms with Crippen LogP contribution >= 0.6 is 0 Å². The molecule has 4 aliphatic rings. The third kappa shape index (κ3) is 3.29. The number of ether oxygens (including phenoxy) is 4. The predicted octanol–water partition coefficient (Wildman–Crippen LogP) is 1.31. The average molecular weight is 392 g/mol. The fourth-order valence-electron chi connectivity index (χ4n) is 5.27. The molecule has 0 spiro atoms. The van der Waals surface area contributed by atoms with Gasteiger partial charge >= 0.3 is 23.9 Å². The van der Waals surface area contributed by atoms with E-state index >= 15 is 0 Å². The van der Waals surface area contributed by atoms with Gasteiger partial charge in [-0.05, 0) is 32.1 Å². The zero-order valence-electron chi connectivity index (χ0n) is 15.5. The van der Waals surface area contributed by atoms with Crippen LogP contribution in [0.2, 0.25) is 0 Å². The summed E-state index contributed by atoms with van der Waals surface area (Å²) in [5, 5.41) is 0. The van der Waals surface area contributed by atoms with Gasteiger partial charge < -0.3 is 18.9 Å². The number of hydrogen-bond donors (Lipinski definition) is 0. The van der Waals surface area contributed by atoms with Gasteiger partial charge in [-0.15, -0.1) is 0 Å². The first-order valence-electron chi connectivity index (χ1n) is 9.89. The number of hydrogen-bond acceptors (Lipinski definition) is 8. The molecular weight excluding hydrogens is 368 g/mol. The van der Waals surface area contributed by atoms with E-state index in [2.05, 4.69) is 11.3 Å². The highest BCUT2D eigenvalue weighted by Crippen LogP contribution is 2.59. The summed E-state index contributed by atoms with van der Waals surface area (Å²) < 4.78 is 21.3. The van der Waals surface area contributed by atoms with E-state index in [4.69, 9.17) is 14.2 Å². The van der Waals surface area contributed by atoms with E-state index in [1.54, 1.807) is 0 Å². The first-order chi connectivity index (χ1) is 13.5. The molecule has 1 saturated heterocycles. The van der Waals surface area contributed by atoms with E-state index in [-0.39, 0.29) is 23.9 Å². The zero-order chi connectivity index (χ0) is 19.8. The maximum Gasteiger partial charge on any atom is 0.344 e. The third-order valence-electron chi connectivity index (χ3n) is 6.42. The van der Waals surface area contributed by atoms with Gasteiger partial charge in [0, 0.05) is 17.9 Å². The Kier molecular flexibility index (Phi) is 5.12. The third-order valence-corrected chi connectivity index (χ3v) is 6.42. The van der Waals surface area contributed by atoms with Crippen LogP contribution < -0.4 is 0 Å². The average Bonchev–Trinajstić information content (AvgIpc) is 3.30. The van der Waals surface area contributed by atoms with Crippen molar-refractivity contribution >= 4 is 23.9 Å². The lowest BCUT2D eigenvalue weighted by Crippen LogP contribution is -2.44. The first kappa shape index (κ1) is 19.0. The van der Waals surface area contributed by atoms with Gasteiger partial charge in [-0.3, -0.25) is 9.59 Å². The number of carbonyl (C=O) groups excluding carboxylic acids is 4. The maximum absolute atomic E-state index is 12.9. The molecule has 2 bridgehead atoms. The van der Waals surface area contributed by atoms with Crippen LogP contribution in [-0.2, 0) is 38.1 Å². The summed E-state index contributed by atoms with van der Waals surface area (Å²) >= 11 is 0. The smallest absolute Gasteiger partial charge is 0.344 e. The Morgan fingerprint density at radius 2 is 1.86 bits per heavy atom. The molecule has 0 amide bonds. The molecule has 8 nitrogen and oxygen atoms in total. The van der Waals surface area contributed by atoms with Gasteiger partial charge in [-0.2, -0.15) is 0 Å². The minimum atomic E-state index is -0.744. The maximum atomic E-state index is 12.9. The van der Waals surface area contributed by atoms with E-state index in [1.165, 1.54) is 0 Å². The van der Waals surface area contributed by atoms with Crippen molar-refractivity contribution < 1.29 is 38.1 Å². The topological polar surface area (TPSA) is 105 Å². The molecule has 0 aromatic heterocycles. The van der Waals surface area contributed by atoms with Crippen LogP contribution in [0.25, 0.3) is 0 Å². The predicted molar refractivity (Wildman–Crippen MR) is 92.5 cm³/mol. The van der Waals surface area contributed by atoms with E-state index in [0.717, 1.165) is 38.2 Å². The fourth-order valence-corrected chi connectivity index (χ4v) is 5.27. The van der Waals surface area contributed by atoms with Crippen LogP contribution in [0.15, 0.2) is 12.7 Å². The molecule has 152 valence electrons. The van der Waals surface area contributed by atoms with Crippen molar-refractivity contribution in [1.29, 1.82) is 0 Å². The normalized spacial score (nSPS) is 35.9. The first-order valence-corrected chi connectivity index (χ1v) is 9.89. The van der Waals surface area contributed by atoms with E-state index in [9.17, 15) is 19.2 Å². The van der Waals surface area contributed by atoms with E-state index < -0.39 is 48.6 Å². The monoisotopic (exact) mass is 392 g/mol. The lowest BCUT2D eigenvalue weighted by Gasteiger charge is -2.31. The molecule has 3 aliphatic carbocycles. The minimum absolute atomic E-state index is 0.104. The van der Waals surface area contributed by atoms with Gasteiger partial charge in [0.15, 0.2) is 6.61 Å². The van der Waals surface area contributed by atoms with Crippen molar-refractivity contribution in [2.24, 2.45) is 23.7 Å².